The topological polar surface area (TPSA) is 61.8 Å². The maximum absolute atomic E-state index is 5.88. The van der Waals surface area contributed by atoms with Crippen LogP contribution in [0, 0.1) is 0 Å². The first-order chi connectivity index (χ1) is 16.3. The fraction of sp³-hybridized carbons (Fsp3) is 0.333. The van der Waals surface area contributed by atoms with Gasteiger partial charge in [-0.2, -0.15) is 0 Å². The van der Waals surface area contributed by atoms with Gasteiger partial charge in [0.1, 0.15) is 12.4 Å². The Bertz CT molecular complexity index is 1010. The Labute approximate surface area is 196 Å². The number of nitrogens with zero attached hydrogens (tertiary/aromatic N) is 3. The predicted octanol–water partition coefficient (Wildman–Crippen LogP) is 4.12. The van der Waals surface area contributed by atoms with Crippen LogP contribution in [0.2, 0.25) is 0 Å². The zero-order valence-corrected chi connectivity index (χ0v) is 19.3. The van der Waals surface area contributed by atoms with E-state index < -0.39 is 0 Å². The second-order valence-electron chi connectivity index (χ2n) is 8.34. The summed E-state index contributed by atoms with van der Waals surface area (Å²) in [6, 6.07) is 22.8. The molecule has 1 saturated heterocycles. The fourth-order valence-electron chi connectivity index (χ4n) is 3.94. The third kappa shape index (κ3) is 7.32. The summed E-state index contributed by atoms with van der Waals surface area (Å²) in [7, 11) is 1.79. The summed E-state index contributed by atoms with van der Waals surface area (Å²) in [5.74, 6) is 1.60. The van der Waals surface area contributed by atoms with E-state index in [9.17, 15) is 0 Å². The van der Waals surface area contributed by atoms with Crippen molar-refractivity contribution in [1.29, 1.82) is 0 Å². The number of benzene rings is 2. The molecule has 1 aromatic heterocycles. The van der Waals surface area contributed by atoms with Gasteiger partial charge >= 0.3 is 0 Å². The number of likely N-dealkylation sites (tertiary alicyclic amines) is 1. The largest absolute Gasteiger partial charge is 0.487 e. The molecule has 1 aliphatic rings. The Kier molecular flexibility index (Phi) is 8.30. The number of nitrogens with one attached hydrogen (secondary N) is 2. The molecule has 0 bridgehead atoms. The molecule has 2 N–H and O–H groups in total. The summed E-state index contributed by atoms with van der Waals surface area (Å²) in [6.45, 7) is 5.36. The van der Waals surface area contributed by atoms with Crippen LogP contribution >= 0.6 is 0 Å². The van der Waals surface area contributed by atoms with E-state index in [1.165, 1.54) is 37.1 Å². The van der Waals surface area contributed by atoms with Gasteiger partial charge in [0, 0.05) is 32.9 Å². The van der Waals surface area contributed by atoms with Gasteiger partial charge in [-0.15, -0.1) is 0 Å². The van der Waals surface area contributed by atoms with Crippen molar-refractivity contribution in [3.63, 3.8) is 0 Å². The Morgan fingerprint density at radius 3 is 2.39 bits per heavy atom. The molecule has 2 heterocycles. The van der Waals surface area contributed by atoms with Gasteiger partial charge in [-0.3, -0.25) is 14.9 Å². The fourth-order valence-corrected chi connectivity index (χ4v) is 3.94. The first-order valence-corrected chi connectivity index (χ1v) is 11.6. The predicted molar refractivity (Wildman–Crippen MR) is 133 cm³/mol. The summed E-state index contributed by atoms with van der Waals surface area (Å²) in [4.78, 5) is 11.2. The van der Waals surface area contributed by atoms with Crippen LogP contribution in [0.3, 0.4) is 0 Å². The van der Waals surface area contributed by atoms with Gasteiger partial charge in [0.2, 0.25) is 0 Å². The molecule has 0 radical (unpaired) electrons. The monoisotopic (exact) mass is 443 g/mol. The van der Waals surface area contributed by atoms with Crippen LogP contribution in [0.1, 0.15) is 35.2 Å². The number of hydrogen-bond donors (Lipinski definition) is 2. The SMILES string of the molecule is CN=C(NCc1ccc(CN2CCCC2)cc1)NCc1cccc(OCc2ccccn2)c1. The number of aromatic nitrogens is 1. The highest BCUT2D eigenvalue weighted by Gasteiger charge is 2.11. The Balaban J connectivity index is 1.22. The molecule has 0 atom stereocenters. The lowest BCUT2D eigenvalue weighted by molar-refractivity contribution is 0.301. The minimum atomic E-state index is 0.456. The smallest absolute Gasteiger partial charge is 0.191 e. The normalized spacial score (nSPS) is 14.3. The molecule has 0 spiro atoms. The van der Waals surface area contributed by atoms with Crippen molar-refractivity contribution in [2.75, 3.05) is 20.1 Å². The molecule has 4 rings (SSSR count). The molecule has 2 aromatic carbocycles. The zero-order valence-electron chi connectivity index (χ0n) is 19.3. The molecule has 6 nitrogen and oxygen atoms in total. The van der Waals surface area contributed by atoms with E-state index >= 15 is 0 Å². The lowest BCUT2D eigenvalue weighted by Crippen LogP contribution is -2.36. The molecule has 3 aromatic rings. The third-order valence-corrected chi connectivity index (χ3v) is 5.78. The molecule has 0 unspecified atom stereocenters. The standard InChI is InChI=1S/C27H33N5O/c1-28-27(30-18-22-10-12-23(13-11-22)20-32-15-4-5-16-32)31-19-24-7-6-9-26(17-24)33-21-25-8-2-3-14-29-25/h2-3,6-14,17H,4-5,15-16,18-21H2,1H3,(H2,28,30,31). The summed E-state index contributed by atoms with van der Waals surface area (Å²) in [6.07, 6.45) is 4.44. The van der Waals surface area contributed by atoms with Gasteiger partial charge in [-0.1, -0.05) is 42.5 Å². The zero-order chi connectivity index (χ0) is 22.7. The van der Waals surface area contributed by atoms with E-state index in [-0.39, 0.29) is 0 Å². The highest BCUT2D eigenvalue weighted by molar-refractivity contribution is 5.79. The number of pyridine rings is 1. The summed E-state index contributed by atoms with van der Waals surface area (Å²) in [5.41, 5.74) is 4.67. The lowest BCUT2D eigenvalue weighted by atomic mass is 10.1. The third-order valence-electron chi connectivity index (χ3n) is 5.78. The molecular weight excluding hydrogens is 410 g/mol. The van der Waals surface area contributed by atoms with Crippen molar-refractivity contribution < 1.29 is 4.74 Å². The van der Waals surface area contributed by atoms with Crippen molar-refractivity contribution in [1.82, 2.24) is 20.5 Å². The molecule has 0 aliphatic carbocycles. The number of aliphatic imine (C=N–C) groups is 1. The molecule has 1 aliphatic heterocycles. The number of hydrogen-bond acceptors (Lipinski definition) is 4. The van der Waals surface area contributed by atoms with Crippen LogP contribution in [-0.4, -0.2) is 36.0 Å². The van der Waals surface area contributed by atoms with E-state index in [0.717, 1.165) is 36.1 Å². The van der Waals surface area contributed by atoms with E-state index in [0.29, 0.717) is 13.2 Å². The highest BCUT2D eigenvalue weighted by atomic mass is 16.5. The summed E-state index contributed by atoms with van der Waals surface area (Å²) < 4.78 is 5.88. The molecule has 0 amide bonds. The van der Waals surface area contributed by atoms with Crippen molar-refractivity contribution in [3.05, 3.63) is 95.3 Å². The maximum atomic E-state index is 5.88. The van der Waals surface area contributed by atoms with Crippen molar-refractivity contribution in [2.24, 2.45) is 4.99 Å². The highest BCUT2D eigenvalue weighted by Crippen LogP contribution is 2.15. The first kappa shape index (κ1) is 22.8. The van der Waals surface area contributed by atoms with Gasteiger partial charge in [0.25, 0.3) is 0 Å². The van der Waals surface area contributed by atoms with Crippen LogP contribution in [0.15, 0.2) is 77.9 Å². The minimum Gasteiger partial charge on any atom is -0.487 e. The number of guanidine groups is 1. The minimum absolute atomic E-state index is 0.456. The summed E-state index contributed by atoms with van der Waals surface area (Å²) >= 11 is 0. The second-order valence-corrected chi connectivity index (χ2v) is 8.34. The Morgan fingerprint density at radius 1 is 0.909 bits per heavy atom. The van der Waals surface area contributed by atoms with Crippen molar-refractivity contribution in [2.45, 2.75) is 39.1 Å². The Morgan fingerprint density at radius 2 is 1.67 bits per heavy atom. The Hall–Kier alpha value is -3.38. The van der Waals surface area contributed by atoms with Crippen LogP contribution in [0.4, 0.5) is 0 Å². The number of ether oxygens (including phenoxy) is 1. The van der Waals surface area contributed by atoms with Gasteiger partial charge < -0.3 is 15.4 Å². The van der Waals surface area contributed by atoms with Gasteiger partial charge in [-0.05, 0) is 66.9 Å². The molecule has 0 saturated carbocycles. The number of rotatable bonds is 9. The molecule has 6 heteroatoms. The van der Waals surface area contributed by atoms with E-state index in [4.69, 9.17) is 4.74 Å². The lowest BCUT2D eigenvalue weighted by Gasteiger charge is -2.15. The van der Waals surface area contributed by atoms with Crippen molar-refractivity contribution in [3.8, 4) is 5.75 Å². The van der Waals surface area contributed by atoms with Crippen LogP contribution in [0.5, 0.6) is 5.75 Å². The maximum Gasteiger partial charge on any atom is 0.191 e. The molecule has 172 valence electrons. The van der Waals surface area contributed by atoms with Crippen LogP contribution in [0.25, 0.3) is 0 Å². The second kappa shape index (κ2) is 12.0. The summed E-state index contributed by atoms with van der Waals surface area (Å²) in [5, 5.41) is 6.78. The average Bonchev–Trinajstić information content (AvgIpc) is 3.38. The first-order valence-electron chi connectivity index (χ1n) is 11.6. The molecular formula is C27H33N5O. The molecule has 1 fully saturated rings. The quantitative estimate of drug-likeness (QED) is 0.385. The molecule has 33 heavy (non-hydrogen) atoms. The van der Waals surface area contributed by atoms with E-state index in [1.54, 1.807) is 13.2 Å². The van der Waals surface area contributed by atoms with Crippen LogP contribution < -0.4 is 15.4 Å². The van der Waals surface area contributed by atoms with Crippen LogP contribution in [-0.2, 0) is 26.2 Å². The van der Waals surface area contributed by atoms with Gasteiger partial charge in [-0.25, -0.2) is 0 Å². The van der Waals surface area contributed by atoms with Gasteiger partial charge in [0.15, 0.2) is 5.96 Å². The van der Waals surface area contributed by atoms with Gasteiger partial charge in [0.05, 0.1) is 5.69 Å². The van der Waals surface area contributed by atoms with E-state index in [1.807, 2.05) is 36.4 Å². The van der Waals surface area contributed by atoms with Crippen molar-refractivity contribution >= 4 is 5.96 Å². The van der Waals surface area contributed by atoms with E-state index in [2.05, 4.69) is 55.8 Å². The average molecular weight is 444 g/mol.